The minimum absolute atomic E-state index is 0.223. The lowest BCUT2D eigenvalue weighted by Gasteiger charge is -2.04. The second-order valence-corrected chi connectivity index (χ2v) is 4.25. The fourth-order valence-electron chi connectivity index (χ4n) is 1.27. The second kappa shape index (κ2) is 4.37. The normalized spacial score (nSPS) is 10.1. The lowest BCUT2D eigenvalue weighted by Crippen LogP contribution is -1.95. The third-order valence-electron chi connectivity index (χ3n) is 2.07. The molecule has 1 aromatic carbocycles. The van der Waals surface area contributed by atoms with Gasteiger partial charge in [0.25, 0.3) is 0 Å². The summed E-state index contributed by atoms with van der Waals surface area (Å²) in [5.41, 5.74) is 1.14. The summed E-state index contributed by atoms with van der Waals surface area (Å²) in [5, 5.41) is 10.6. The van der Waals surface area contributed by atoms with E-state index in [1.807, 2.05) is 31.2 Å². The molecule has 0 amide bonds. The van der Waals surface area contributed by atoms with Gasteiger partial charge in [-0.05, 0) is 30.5 Å². The first kappa shape index (κ1) is 10.7. The number of hydrogen-bond donors (Lipinski definition) is 1. The van der Waals surface area contributed by atoms with Crippen LogP contribution in [0.1, 0.15) is 15.2 Å². The number of hydrogen-bond acceptors (Lipinski definition) is 3. The van der Waals surface area contributed by atoms with Crippen molar-refractivity contribution in [3.8, 4) is 11.5 Å². The fourth-order valence-corrected chi connectivity index (χ4v) is 1.92. The molecule has 0 saturated heterocycles. The minimum atomic E-state index is -0.961. The van der Waals surface area contributed by atoms with E-state index in [2.05, 4.69) is 0 Å². The quantitative estimate of drug-likeness (QED) is 0.883. The molecule has 0 aliphatic rings. The van der Waals surface area contributed by atoms with Gasteiger partial charge >= 0.3 is 5.97 Å². The average molecular weight is 234 g/mol. The highest BCUT2D eigenvalue weighted by molar-refractivity contribution is 7.12. The van der Waals surface area contributed by atoms with Crippen LogP contribution in [-0.2, 0) is 0 Å². The monoisotopic (exact) mass is 234 g/mol. The van der Waals surface area contributed by atoms with Gasteiger partial charge in [0.2, 0.25) is 0 Å². The number of benzene rings is 1. The molecule has 1 aromatic heterocycles. The van der Waals surface area contributed by atoms with E-state index in [0.717, 1.165) is 16.9 Å². The zero-order valence-electron chi connectivity index (χ0n) is 8.64. The summed E-state index contributed by atoms with van der Waals surface area (Å²) in [6.07, 6.45) is 0. The van der Waals surface area contributed by atoms with Gasteiger partial charge in [-0.25, -0.2) is 4.79 Å². The smallest absolute Gasteiger partial charge is 0.349 e. The number of ether oxygens (including phenoxy) is 1. The van der Waals surface area contributed by atoms with E-state index in [1.54, 1.807) is 11.4 Å². The molecule has 0 unspecified atom stereocenters. The highest BCUT2D eigenvalue weighted by Gasteiger charge is 2.13. The Morgan fingerprint density at radius 2 is 1.94 bits per heavy atom. The summed E-state index contributed by atoms with van der Waals surface area (Å²) < 4.78 is 5.50. The number of thiophene rings is 1. The topological polar surface area (TPSA) is 46.5 Å². The van der Waals surface area contributed by atoms with Crippen molar-refractivity contribution in [3.63, 3.8) is 0 Å². The summed E-state index contributed by atoms with van der Waals surface area (Å²) in [7, 11) is 0. The van der Waals surface area contributed by atoms with E-state index in [4.69, 9.17) is 9.84 Å². The Hall–Kier alpha value is -1.81. The molecule has 0 fully saturated rings. The van der Waals surface area contributed by atoms with E-state index in [0.29, 0.717) is 11.5 Å². The van der Waals surface area contributed by atoms with Gasteiger partial charge in [0.05, 0.1) is 0 Å². The van der Waals surface area contributed by atoms with Crippen LogP contribution in [0.2, 0.25) is 0 Å². The predicted molar refractivity (Wildman–Crippen MR) is 62.5 cm³/mol. The molecule has 1 heterocycles. The van der Waals surface area contributed by atoms with Gasteiger partial charge in [-0.2, -0.15) is 0 Å². The molecule has 2 aromatic rings. The Morgan fingerprint density at radius 3 is 2.56 bits per heavy atom. The van der Waals surface area contributed by atoms with Gasteiger partial charge in [0, 0.05) is 0 Å². The van der Waals surface area contributed by atoms with Crippen LogP contribution in [0, 0.1) is 6.92 Å². The van der Waals surface area contributed by atoms with Crippen LogP contribution in [0.15, 0.2) is 35.7 Å². The lowest BCUT2D eigenvalue weighted by atomic mass is 10.2. The molecular formula is C12H10O3S. The molecule has 0 radical (unpaired) electrons. The number of carboxylic acids is 1. The van der Waals surface area contributed by atoms with Crippen LogP contribution in [0.25, 0.3) is 0 Å². The van der Waals surface area contributed by atoms with Gasteiger partial charge < -0.3 is 9.84 Å². The minimum Gasteiger partial charge on any atom is -0.477 e. The summed E-state index contributed by atoms with van der Waals surface area (Å²) >= 11 is 1.16. The molecule has 16 heavy (non-hydrogen) atoms. The summed E-state index contributed by atoms with van der Waals surface area (Å²) in [4.78, 5) is 11.1. The summed E-state index contributed by atoms with van der Waals surface area (Å²) in [6.45, 7) is 1.98. The van der Waals surface area contributed by atoms with Crippen LogP contribution in [0.3, 0.4) is 0 Å². The Bertz CT molecular complexity index is 499. The maximum absolute atomic E-state index is 10.9. The molecule has 0 spiro atoms. The summed E-state index contributed by atoms with van der Waals surface area (Å²) in [6, 6.07) is 9.13. The Morgan fingerprint density at radius 1 is 1.25 bits per heavy atom. The molecule has 4 heteroatoms. The lowest BCUT2D eigenvalue weighted by molar-refractivity contribution is 0.0700. The molecule has 1 N–H and O–H groups in total. The van der Waals surface area contributed by atoms with E-state index in [9.17, 15) is 4.79 Å². The van der Waals surface area contributed by atoms with Gasteiger partial charge in [-0.1, -0.05) is 17.7 Å². The Labute approximate surface area is 96.9 Å². The van der Waals surface area contributed by atoms with Crippen LogP contribution in [0.4, 0.5) is 0 Å². The van der Waals surface area contributed by atoms with E-state index in [1.165, 1.54) is 0 Å². The van der Waals surface area contributed by atoms with Crippen LogP contribution in [0.5, 0.6) is 11.5 Å². The van der Waals surface area contributed by atoms with Gasteiger partial charge in [-0.15, -0.1) is 11.3 Å². The highest BCUT2D eigenvalue weighted by atomic mass is 32.1. The molecule has 0 saturated carbocycles. The van der Waals surface area contributed by atoms with E-state index < -0.39 is 5.97 Å². The van der Waals surface area contributed by atoms with Gasteiger partial charge in [-0.3, -0.25) is 0 Å². The first-order valence-corrected chi connectivity index (χ1v) is 5.60. The third kappa shape index (κ3) is 2.23. The number of carboxylic acid groups (broad SMARTS) is 1. The van der Waals surface area contributed by atoms with E-state index in [-0.39, 0.29) is 4.88 Å². The van der Waals surface area contributed by atoms with Crippen molar-refractivity contribution in [3.05, 3.63) is 46.2 Å². The molecule has 0 aliphatic carbocycles. The van der Waals surface area contributed by atoms with Crippen molar-refractivity contribution in [1.29, 1.82) is 0 Å². The number of aromatic carboxylic acids is 1. The maximum Gasteiger partial charge on any atom is 0.349 e. The standard InChI is InChI=1S/C12H10O3S/c1-8-2-4-9(5-3-8)15-10-6-7-16-11(10)12(13)14/h2-7H,1H3,(H,13,14). The van der Waals surface area contributed by atoms with Gasteiger partial charge in [0.1, 0.15) is 5.75 Å². The third-order valence-corrected chi connectivity index (χ3v) is 2.96. The van der Waals surface area contributed by atoms with Crippen molar-refractivity contribution in [1.82, 2.24) is 0 Å². The van der Waals surface area contributed by atoms with Gasteiger partial charge in [0.15, 0.2) is 10.6 Å². The average Bonchev–Trinajstić information content (AvgIpc) is 2.69. The molecule has 82 valence electrons. The van der Waals surface area contributed by atoms with Crippen molar-refractivity contribution < 1.29 is 14.6 Å². The van der Waals surface area contributed by atoms with Crippen molar-refractivity contribution in [2.24, 2.45) is 0 Å². The van der Waals surface area contributed by atoms with Crippen LogP contribution < -0.4 is 4.74 Å². The largest absolute Gasteiger partial charge is 0.477 e. The molecule has 0 bridgehead atoms. The fraction of sp³-hybridized carbons (Fsp3) is 0.0833. The maximum atomic E-state index is 10.9. The zero-order chi connectivity index (χ0) is 11.5. The van der Waals surface area contributed by atoms with Crippen molar-refractivity contribution >= 4 is 17.3 Å². The van der Waals surface area contributed by atoms with Crippen molar-refractivity contribution in [2.45, 2.75) is 6.92 Å². The zero-order valence-corrected chi connectivity index (χ0v) is 9.45. The molecule has 0 aliphatic heterocycles. The SMILES string of the molecule is Cc1ccc(Oc2ccsc2C(=O)O)cc1. The predicted octanol–water partition coefficient (Wildman–Crippen LogP) is 3.55. The Kier molecular flexibility index (Phi) is 2.92. The second-order valence-electron chi connectivity index (χ2n) is 3.33. The first-order valence-electron chi connectivity index (χ1n) is 4.72. The van der Waals surface area contributed by atoms with Crippen LogP contribution in [-0.4, -0.2) is 11.1 Å². The number of rotatable bonds is 3. The first-order chi connectivity index (χ1) is 7.66. The highest BCUT2D eigenvalue weighted by Crippen LogP contribution is 2.29. The summed E-state index contributed by atoms with van der Waals surface area (Å²) in [5.74, 6) is 0.0740. The molecule has 3 nitrogen and oxygen atoms in total. The molecule has 2 rings (SSSR count). The van der Waals surface area contributed by atoms with E-state index >= 15 is 0 Å². The number of carbonyl (C=O) groups is 1. The Balaban J connectivity index is 2.23. The molecular weight excluding hydrogens is 224 g/mol. The van der Waals surface area contributed by atoms with Crippen LogP contribution >= 0.6 is 11.3 Å². The number of aryl methyl sites for hydroxylation is 1. The molecule has 0 atom stereocenters. The van der Waals surface area contributed by atoms with Crippen molar-refractivity contribution in [2.75, 3.05) is 0 Å².